The summed E-state index contributed by atoms with van der Waals surface area (Å²) in [5.41, 5.74) is 2.18. The number of halogens is 1. The van der Waals surface area contributed by atoms with Crippen molar-refractivity contribution in [3.63, 3.8) is 0 Å². The van der Waals surface area contributed by atoms with Crippen molar-refractivity contribution < 1.29 is 17.6 Å². The summed E-state index contributed by atoms with van der Waals surface area (Å²) in [7, 11) is -3.81. The molecule has 4 rings (SSSR count). The second kappa shape index (κ2) is 7.56. The fourth-order valence-electron chi connectivity index (χ4n) is 2.98. The summed E-state index contributed by atoms with van der Waals surface area (Å²) in [6, 6.07) is 16.4. The molecule has 0 unspecified atom stereocenters. The van der Waals surface area contributed by atoms with Gasteiger partial charge in [0.1, 0.15) is 11.5 Å². The van der Waals surface area contributed by atoms with Crippen molar-refractivity contribution in [1.29, 1.82) is 0 Å². The van der Waals surface area contributed by atoms with Gasteiger partial charge in [-0.2, -0.15) is 10.1 Å². The van der Waals surface area contributed by atoms with Gasteiger partial charge in [0.2, 0.25) is 10.0 Å². The van der Waals surface area contributed by atoms with E-state index in [1.54, 1.807) is 31.2 Å². The number of nitrogens with two attached hydrogens (primary N) is 1. The highest BCUT2D eigenvalue weighted by molar-refractivity contribution is 7.89. The van der Waals surface area contributed by atoms with Crippen LogP contribution in [0.15, 0.2) is 80.7 Å². The number of hydrogen-bond donors (Lipinski definition) is 1. The third kappa shape index (κ3) is 3.93. The Morgan fingerprint density at radius 1 is 1.03 bits per heavy atom. The second-order valence-electron chi connectivity index (χ2n) is 6.61. The van der Waals surface area contributed by atoms with Crippen LogP contribution in [0.3, 0.4) is 0 Å². The average Bonchev–Trinajstić information content (AvgIpc) is 3.28. The maximum absolute atomic E-state index is 12.9. The Balaban J connectivity index is 1.59. The molecule has 0 bridgehead atoms. The molecule has 30 heavy (non-hydrogen) atoms. The van der Waals surface area contributed by atoms with Crippen molar-refractivity contribution in [2.45, 2.75) is 11.8 Å². The molecule has 2 heterocycles. The minimum atomic E-state index is -3.81. The molecular formula is C21H16ClN3O4S. The van der Waals surface area contributed by atoms with E-state index in [1.807, 2.05) is 18.2 Å². The quantitative estimate of drug-likeness (QED) is 0.616. The molecule has 0 saturated carbocycles. The standard InChI is InChI=1S/C21H16ClN3O4S/c1-13-19(12-17-8-11-20(29-17)14-2-4-15(22)5-3-14)21(26)25(24-13)16-6-9-18(10-7-16)30(23,27)28/h2-12H,1H3,(H2,23,27,28)/b19-12+. The van der Waals surface area contributed by atoms with Gasteiger partial charge in [-0.05, 0) is 73.7 Å². The van der Waals surface area contributed by atoms with Gasteiger partial charge in [-0.1, -0.05) is 11.6 Å². The van der Waals surface area contributed by atoms with E-state index in [9.17, 15) is 13.2 Å². The van der Waals surface area contributed by atoms with Gasteiger partial charge < -0.3 is 4.42 Å². The Labute approximate surface area is 178 Å². The summed E-state index contributed by atoms with van der Waals surface area (Å²) in [6.07, 6.45) is 1.62. The molecule has 152 valence electrons. The molecule has 2 aromatic carbocycles. The van der Waals surface area contributed by atoms with Crippen LogP contribution in [-0.2, 0) is 14.8 Å². The molecule has 1 amide bonds. The first-order valence-electron chi connectivity index (χ1n) is 8.83. The Hall–Kier alpha value is -3.20. The summed E-state index contributed by atoms with van der Waals surface area (Å²) < 4.78 is 28.6. The molecule has 0 saturated heterocycles. The minimum absolute atomic E-state index is 0.0420. The first kappa shape index (κ1) is 20.1. The number of hydrazone groups is 1. The molecule has 0 aliphatic carbocycles. The second-order valence-corrected chi connectivity index (χ2v) is 8.61. The van der Waals surface area contributed by atoms with Crippen molar-refractivity contribution in [2.24, 2.45) is 10.2 Å². The van der Waals surface area contributed by atoms with E-state index in [1.165, 1.54) is 29.3 Å². The third-order valence-corrected chi connectivity index (χ3v) is 5.70. The molecule has 0 fully saturated rings. The Morgan fingerprint density at radius 3 is 2.33 bits per heavy atom. The number of sulfonamides is 1. The fourth-order valence-corrected chi connectivity index (χ4v) is 3.62. The number of benzene rings is 2. The maximum Gasteiger partial charge on any atom is 0.280 e. The molecule has 1 aromatic heterocycles. The van der Waals surface area contributed by atoms with Gasteiger partial charge in [-0.25, -0.2) is 13.6 Å². The number of rotatable bonds is 4. The van der Waals surface area contributed by atoms with Gasteiger partial charge >= 0.3 is 0 Å². The summed E-state index contributed by atoms with van der Waals surface area (Å²) in [6.45, 7) is 1.71. The topological polar surface area (TPSA) is 106 Å². The van der Waals surface area contributed by atoms with Crippen LogP contribution in [0.4, 0.5) is 5.69 Å². The van der Waals surface area contributed by atoms with Crippen LogP contribution in [0.25, 0.3) is 17.4 Å². The van der Waals surface area contributed by atoms with Crippen molar-refractivity contribution in [3.8, 4) is 11.3 Å². The Morgan fingerprint density at radius 2 is 1.70 bits per heavy atom. The van der Waals surface area contributed by atoms with E-state index >= 15 is 0 Å². The molecule has 7 nitrogen and oxygen atoms in total. The zero-order valence-electron chi connectivity index (χ0n) is 15.7. The van der Waals surface area contributed by atoms with Crippen LogP contribution in [0.2, 0.25) is 5.02 Å². The largest absolute Gasteiger partial charge is 0.457 e. The number of nitrogens with zero attached hydrogens (tertiary/aromatic N) is 2. The summed E-state index contributed by atoms with van der Waals surface area (Å²) in [4.78, 5) is 12.8. The highest BCUT2D eigenvalue weighted by Gasteiger charge is 2.29. The molecular weight excluding hydrogens is 426 g/mol. The number of anilines is 1. The molecule has 0 radical (unpaired) electrons. The van der Waals surface area contributed by atoms with E-state index in [4.69, 9.17) is 21.2 Å². The molecule has 0 atom stereocenters. The molecule has 1 aliphatic heterocycles. The number of carbonyl (C=O) groups excluding carboxylic acids is 1. The maximum atomic E-state index is 12.9. The van der Waals surface area contributed by atoms with Crippen LogP contribution in [0.1, 0.15) is 12.7 Å². The van der Waals surface area contributed by atoms with E-state index in [-0.39, 0.29) is 10.8 Å². The number of furan rings is 1. The molecule has 3 aromatic rings. The summed E-state index contributed by atoms with van der Waals surface area (Å²) in [5.74, 6) is 0.804. The van der Waals surface area contributed by atoms with E-state index < -0.39 is 10.0 Å². The van der Waals surface area contributed by atoms with Crippen LogP contribution < -0.4 is 10.1 Å². The number of carbonyl (C=O) groups is 1. The molecule has 1 aliphatic rings. The van der Waals surface area contributed by atoms with Gasteiger partial charge in [0.05, 0.1) is 21.9 Å². The zero-order valence-corrected chi connectivity index (χ0v) is 17.3. The van der Waals surface area contributed by atoms with Gasteiger partial charge in [-0.3, -0.25) is 4.79 Å². The van der Waals surface area contributed by atoms with Crippen LogP contribution in [0.5, 0.6) is 0 Å². The Kier molecular flexibility index (Phi) is 5.07. The number of amides is 1. The molecule has 9 heteroatoms. The monoisotopic (exact) mass is 441 g/mol. The molecule has 0 spiro atoms. The normalized spacial score (nSPS) is 15.7. The Bertz CT molecular complexity index is 1290. The highest BCUT2D eigenvalue weighted by atomic mass is 35.5. The van der Waals surface area contributed by atoms with Crippen LogP contribution >= 0.6 is 11.6 Å². The molecule has 2 N–H and O–H groups in total. The zero-order chi connectivity index (χ0) is 21.5. The van der Waals surface area contributed by atoms with Crippen molar-refractivity contribution >= 4 is 45.0 Å². The third-order valence-electron chi connectivity index (χ3n) is 4.51. The van der Waals surface area contributed by atoms with E-state index in [2.05, 4.69) is 5.10 Å². The lowest BCUT2D eigenvalue weighted by atomic mass is 10.1. The summed E-state index contributed by atoms with van der Waals surface area (Å²) in [5, 5.41) is 11.2. The van der Waals surface area contributed by atoms with Crippen molar-refractivity contribution in [1.82, 2.24) is 0 Å². The fraction of sp³-hybridized carbons (Fsp3) is 0.0476. The summed E-state index contributed by atoms with van der Waals surface area (Å²) >= 11 is 5.91. The first-order chi connectivity index (χ1) is 14.2. The highest BCUT2D eigenvalue weighted by Crippen LogP contribution is 2.28. The predicted octanol–water partition coefficient (Wildman–Crippen LogP) is 4.05. The van der Waals surface area contributed by atoms with Gasteiger partial charge in [0.15, 0.2) is 0 Å². The van der Waals surface area contributed by atoms with Crippen molar-refractivity contribution in [2.75, 3.05) is 5.01 Å². The van der Waals surface area contributed by atoms with E-state index in [0.717, 1.165) is 5.56 Å². The van der Waals surface area contributed by atoms with Gasteiger partial charge in [0.25, 0.3) is 5.91 Å². The number of hydrogen-bond acceptors (Lipinski definition) is 5. The van der Waals surface area contributed by atoms with Crippen LogP contribution in [0, 0.1) is 0 Å². The lowest BCUT2D eigenvalue weighted by Crippen LogP contribution is -2.21. The van der Waals surface area contributed by atoms with Gasteiger partial charge in [-0.15, -0.1) is 0 Å². The minimum Gasteiger partial charge on any atom is -0.457 e. The number of primary sulfonamides is 1. The van der Waals surface area contributed by atoms with E-state index in [0.29, 0.717) is 33.5 Å². The predicted molar refractivity (Wildman–Crippen MR) is 116 cm³/mol. The SMILES string of the molecule is CC1=NN(c2ccc(S(N)(=O)=O)cc2)C(=O)/C1=C/c1ccc(-c2ccc(Cl)cc2)o1. The lowest BCUT2D eigenvalue weighted by Gasteiger charge is -2.11. The van der Waals surface area contributed by atoms with Crippen molar-refractivity contribution in [3.05, 3.63) is 77.0 Å². The average molecular weight is 442 g/mol. The van der Waals surface area contributed by atoms with Crippen LogP contribution in [-0.4, -0.2) is 20.0 Å². The van der Waals surface area contributed by atoms with Gasteiger partial charge in [0, 0.05) is 10.6 Å². The smallest absolute Gasteiger partial charge is 0.280 e. The lowest BCUT2D eigenvalue weighted by molar-refractivity contribution is -0.114. The first-order valence-corrected chi connectivity index (χ1v) is 10.8.